The summed E-state index contributed by atoms with van der Waals surface area (Å²) in [4.78, 5) is 24.3. The van der Waals surface area contributed by atoms with E-state index < -0.39 is 5.97 Å². The van der Waals surface area contributed by atoms with Crippen LogP contribution in [0.3, 0.4) is 0 Å². The summed E-state index contributed by atoms with van der Waals surface area (Å²) in [5.74, 6) is -0.424. The molecule has 26 heavy (non-hydrogen) atoms. The van der Waals surface area contributed by atoms with Gasteiger partial charge >= 0.3 is 5.97 Å². The van der Waals surface area contributed by atoms with E-state index in [9.17, 15) is 9.59 Å². The molecule has 2 heterocycles. The molecule has 130 valence electrons. The molecule has 9 nitrogen and oxygen atoms in total. The number of benzene rings is 2. The quantitative estimate of drug-likeness (QED) is 0.538. The Morgan fingerprint density at radius 2 is 1.92 bits per heavy atom. The van der Waals surface area contributed by atoms with E-state index in [2.05, 4.69) is 25.7 Å². The number of carbonyl (C=O) groups excluding carboxylic acids is 1. The van der Waals surface area contributed by atoms with Gasteiger partial charge in [0.15, 0.2) is 0 Å². The van der Waals surface area contributed by atoms with Crippen molar-refractivity contribution in [2.45, 2.75) is 19.6 Å². The Morgan fingerprint density at radius 1 is 1.08 bits per heavy atom. The highest BCUT2D eigenvalue weighted by atomic mass is 16.5. The van der Waals surface area contributed by atoms with Crippen molar-refractivity contribution in [1.29, 1.82) is 0 Å². The smallest absolute Gasteiger partial charge is 0.308 e. The number of hydrogen-bond donors (Lipinski definition) is 1. The van der Waals surface area contributed by atoms with Gasteiger partial charge in [0.2, 0.25) is 0 Å². The number of nitrogens with zero attached hydrogens (tertiary/aromatic N) is 5. The van der Waals surface area contributed by atoms with E-state index in [1.807, 2.05) is 6.07 Å². The number of ether oxygens (including phenoxy) is 1. The number of hydrogen-bond acceptors (Lipinski definition) is 7. The van der Waals surface area contributed by atoms with Gasteiger partial charge in [-0.05, 0) is 29.8 Å². The molecule has 0 aliphatic heterocycles. The van der Waals surface area contributed by atoms with E-state index in [0.717, 1.165) is 11.1 Å². The average molecular weight is 350 g/mol. The van der Waals surface area contributed by atoms with Crippen molar-refractivity contribution in [3.05, 3.63) is 58.4 Å². The van der Waals surface area contributed by atoms with Crippen molar-refractivity contribution in [1.82, 2.24) is 30.4 Å². The first-order chi connectivity index (χ1) is 12.7. The minimum atomic E-state index is -0.424. The van der Waals surface area contributed by atoms with Gasteiger partial charge in [0, 0.05) is 0 Å². The molecule has 0 atom stereocenters. The molecule has 4 aromatic rings. The van der Waals surface area contributed by atoms with Crippen LogP contribution in [0.1, 0.15) is 12.0 Å². The van der Waals surface area contributed by atoms with Gasteiger partial charge < -0.3 is 4.74 Å². The van der Waals surface area contributed by atoms with Gasteiger partial charge in [-0.25, -0.2) is 4.68 Å². The van der Waals surface area contributed by atoms with Crippen LogP contribution >= 0.6 is 0 Å². The Labute approximate surface area is 146 Å². The highest BCUT2D eigenvalue weighted by Gasteiger charge is 2.09. The minimum Gasteiger partial charge on any atom is -0.461 e. The fourth-order valence-electron chi connectivity index (χ4n) is 2.58. The highest BCUT2D eigenvalue weighted by Crippen LogP contribution is 2.11. The maximum atomic E-state index is 12.3. The molecular formula is C17H14N6O3. The molecule has 0 spiro atoms. The molecule has 2 aromatic heterocycles. The van der Waals surface area contributed by atoms with Crippen LogP contribution in [0.15, 0.2) is 47.3 Å². The first-order valence-corrected chi connectivity index (χ1v) is 7.98. The molecule has 1 N–H and O–H groups in total. The first kappa shape index (κ1) is 15.9. The zero-order chi connectivity index (χ0) is 17.9. The van der Waals surface area contributed by atoms with Crippen molar-refractivity contribution in [3.63, 3.8) is 0 Å². The number of H-pyrrole nitrogens is 1. The molecular weight excluding hydrogens is 336 g/mol. The van der Waals surface area contributed by atoms with Crippen molar-refractivity contribution in [2.24, 2.45) is 0 Å². The molecule has 2 aromatic carbocycles. The predicted molar refractivity (Wildman–Crippen MR) is 92.1 cm³/mol. The van der Waals surface area contributed by atoms with Crippen LogP contribution in [0.4, 0.5) is 0 Å². The third-order valence-corrected chi connectivity index (χ3v) is 3.94. The zero-order valence-electron chi connectivity index (χ0n) is 13.6. The average Bonchev–Trinajstić information content (AvgIpc) is 3.14. The molecule has 0 saturated carbocycles. The van der Waals surface area contributed by atoms with Gasteiger partial charge in [0.25, 0.3) is 5.56 Å². The summed E-state index contributed by atoms with van der Waals surface area (Å²) < 4.78 is 6.41. The minimum absolute atomic E-state index is 0.0269. The predicted octanol–water partition coefficient (Wildman–Crippen LogP) is 1.20. The van der Waals surface area contributed by atoms with Crippen molar-refractivity contribution >= 4 is 27.9 Å². The third-order valence-electron chi connectivity index (χ3n) is 3.94. The number of aryl methyl sites for hydroxylation is 1. The summed E-state index contributed by atoms with van der Waals surface area (Å²) in [6, 6.07) is 12.4. The number of rotatable bonds is 5. The second-order valence-corrected chi connectivity index (χ2v) is 5.69. The molecule has 0 amide bonds. The molecule has 0 fully saturated rings. The van der Waals surface area contributed by atoms with Crippen LogP contribution in [-0.4, -0.2) is 36.4 Å². The standard InChI is InChI=1S/C17H14N6O3/c24-16(26-10-11-5-6-14-15(9-11)19-21-18-14)7-8-23-17(25)12-3-1-2-4-13(12)20-22-23/h1-6,9H,7-8,10H2,(H,18,19,21). The normalized spacial score (nSPS) is 11.1. The summed E-state index contributed by atoms with van der Waals surface area (Å²) in [6.45, 7) is 0.234. The first-order valence-electron chi connectivity index (χ1n) is 7.98. The van der Waals surface area contributed by atoms with E-state index in [1.54, 1.807) is 36.4 Å². The Bertz CT molecular complexity index is 1150. The van der Waals surface area contributed by atoms with Crippen LogP contribution in [0.5, 0.6) is 0 Å². The van der Waals surface area contributed by atoms with Crippen LogP contribution < -0.4 is 5.56 Å². The van der Waals surface area contributed by atoms with Gasteiger partial charge in [-0.1, -0.05) is 23.4 Å². The van der Waals surface area contributed by atoms with Crippen LogP contribution in [0.2, 0.25) is 0 Å². The fraction of sp³-hybridized carbons (Fsp3) is 0.176. The maximum Gasteiger partial charge on any atom is 0.308 e. The summed E-state index contributed by atoms with van der Waals surface area (Å²) in [6.07, 6.45) is 0.0269. The number of nitrogens with one attached hydrogen (secondary N) is 1. The monoisotopic (exact) mass is 350 g/mol. The summed E-state index contributed by atoms with van der Waals surface area (Å²) in [7, 11) is 0. The summed E-state index contributed by atoms with van der Waals surface area (Å²) in [5.41, 5.74) is 2.51. The van der Waals surface area contributed by atoms with Gasteiger partial charge in [-0.15, -0.1) is 5.10 Å². The molecule has 4 rings (SSSR count). The SMILES string of the molecule is O=C(CCn1nnc2ccccc2c1=O)OCc1ccc2n[nH]nc2c1. The summed E-state index contributed by atoms with van der Waals surface area (Å²) in [5, 5.41) is 18.8. The molecule has 0 bridgehead atoms. The third kappa shape index (κ3) is 3.14. The molecule has 0 saturated heterocycles. The zero-order valence-corrected chi connectivity index (χ0v) is 13.6. The highest BCUT2D eigenvalue weighted by molar-refractivity contribution is 5.76. The number of aromatic nitrogens is 6. The Kier molecular flexibility index (Phi) is 4.10. The van der Waals surface area contributed by atoms with Crippen LogP contribution in [0, 0.1) is 0 Å². The Hall–Kier alpha value is -3.62. The van der Waals surface area contributed by atoms with Crippen LogP contribution in [0.25, 0.3) is 21.9 Å². The number of esters is 1. The van der Waals surface area contributed by atoms with E-state index in [1.165, 1.54) is 4.68 Å². The van der Waals surface area contributed by atoms with Gasteiger partial charge in [0.1, 0.15) is 23.2 Å². The van der Waals surface area contributed by atoms with E-state index >= 15 is 0 Å². The van der Waals surface area contributed by atoms with Gasteiger partial charge in [0.05, 0.1) is 18.4 Å². The number of fused-ring (bicyclic) bond motifs is 2. The molecule has 0 aliphatic carbocycles. The molecule has 0 radical (unpaired) electrons. The Morgan fingerprint density at radius 3 is 2.85 bits per heavy atom. The maximum absolute atomic E-state index is 12.3. The lowest BCUT2D eigenvalue weighted by Crippen LogP contribution is -2.25. The van der Waals surface area contributed by atoms with Crippen molar-refractivity contribution < 1.29 is 9.53 Å². The van der Waals surface area contributed by atoms with Crippen LogP contribution in [-0.2, 0) is 22.7 Å². The fourth-order valence-corrected chi connectivity index (χ4v) is 2.58. The van der Waals surface area contributed by atoms with Crippen molar-refractivity contribution in [3.8, 4) is 0 Å². The molecule has 9 heteroatoms. The van der Waals surface area contributed by atoms with E-state index in [-0.39, 0.29) is 25.1 Å². The van der Waals surface area contributed by atoms with Gasteiger partial charge in [-0.2, -0.15) is 15.4 Å². The lowest BCUT2D eigenvalue weighted by Gasteiger charge is -2.06. The largest absolute Gasteiger partial charge is 0.461 e. The molecule has 0 aliphatic rings. The summed E-state index contributed by atoms with van der Waals surface area (Å²) >= 11 is 0. The van der Waals surface area contributed by atoms with E-state index in [0.29, 0.717) is 16.4 Å². The lowest BCUT2D eigenvalue weighted by molar-refractivity contribution is -0.145. The second kappa shape index (κ2) is 6.71. The number of aromatic amines is 1. The molecule has 0 unspecified atom stereocenters. The van der Waals surface area contributed by atoms with E-state index in [4.69, 9.17) is 4.74 Å². The van der Waals surface area contributed by atoms with Crippen molar-refractivity contribution in [2.75, 3.05) is 0 Å². The lowest BCUT2D eigenvalue weighted by atomic mass is 10.2. The van der Waals surface area contributed by atoms with Gasteiger partial charge in [-0.3, -0.25) is 9.59 Å². The Balaban J connectivity index is 1.38. The second-order valence-electron chi connectivity index (χ2n) is 5.69. The number of carbonyl (C=O) groups is 1. The topological polar surface area (TPSA) is 116 Å².